The molecule has 1 aliphatic rings. The number of hydrogen-bond donors (Lipinski definition) is 1. The summed E-state index contributed by atoms with van der Waals surface area (Å²) < 4.78 is 1.90. The van der Waals surface area contributed by atoms with Crippen LogP contribution in [0.25, 0.3) is 0 Å². The standard InChI is InChI=1S/C12H22N4/c1-10-3-4-12(7-10)15-11(2)5-6-16-9-13-8-14-16/h8-12,15H,3-7H2,1-2H3. The van der Waals surface area contributed by atoms with Crippen LogP contribution in [0.3, 0.4) is 0 Å². The third kappa shape index (κ3) is 3.30. The maximum atomic E-state index is 4.11. The van der Waals surface area contributed by atoms with Crippen molar-refractivity contribution >= 4 is 0 Å². The van der Waals surface area contributed by atoms with Crippen molar-refractivity contribution in [1.82, 2.24) is 20.1 Å². The second-order valence-corrected chi connectivity index (χ2v) is 5.13. The van der Waals surface area contributed by atoms with E-state index in [-0.39, 0.29) is 0 Å². The van der Waals surface area contributed by atoms with E-state index in [1.54, 1.807) is 12.7 Å². The highest BCUT2D eigenvalue weighted by atomic mass is 15.3. The van der Waals surface area contributed by atoms with Gasteiger partial charge >= 0.3 is 0 Å². The van der Waals surface area contributed by atoms with E-state index in [4.69, 9.17) is 0 Å². The average Bonchev–Trinajstić information content (AvgIpc) is 2.87. The van der Waals surface area contributed by atoms with Crippen molar-refractivity contribution in [3.63, 3.8) is 0 Å². The van der Waals surface area contributed by atoms with Crippen molar-refractivity contribution in [3.05, 3.63) is 12.7 Å². The molecule has 2 rings (SSSR count). The summed E-state index contributed by atoms with van der Waals surface area (Å²) in [5.74, 6) is 0.903. The molecule has 16 heavy (non-hydrogen) atoms. The fraction of sp³-hybridized carbons (Fsp3) is 0.833. The molecule has 3 unspecified atom stereocenters. The molecule has 0 spiro atoms. The van der Waals surface area contributed by atoms with Gasteiger partial charge in [0.25, 0.3) is 0 Å². The van der Waals surface area contributed by atoms with Crippen LogP contribution in [0.4, 0.5) is 0 Å². The Morgan fingerprint density at radius 2 is 2.38 bits per heavy atom. The number of nitrogens with zero attached hydrogens (tertiary/aromatic N) is 3. The second kappa shape index (κ2) is 5.43. The van der Waals surface area contributed by atoms with E-state index in [1.807, 2.05) is 4.68 Å². The van der Waals surface area contributed by atoms with Gasteiger partial charge in [0.15, 0.2) is 0 Å². The summed E-state index contributed by atoms with van der Waals surface area (Å²) in [6.45, 7) is 5.57. The van der Waals surface area contributed by atoms with Crippen molar-refractivity contribution in [2.24, 2.45) is 5.92 Å². The number of rotatable bonds is 5. The first kappa shape index (κ1) is 11.6. The van der Waals surface area contributed by atoms with Crippen LogP contribution in [0.15, 0.2) is 12.7 Å². The molecule has 1 aromatic rings. The van der Waals surface area contributed by atoms with Gasteiger partial charge in [-0.1, -0.05) is 6.92 Å². The zero-order chi connectivity index (χ0) is 11.4. The summed E-state index contributed by atoms with van der Waals surface area (Å²) >= 11 is 0. The minimum Gasteiger partial charge on any atom is -0.311 e. The highest BCUT2D eigenvalue weighted by Gasteiger charge is 2.22. The predicted molar refractivity (Wildman–Crippen MR) is 64.0 cm³/mol. The van der Waals surface area contributed by atoms with Crippen molar-refractivity contribution in [1.29, 1.82) is 0 Å². The van der Waals surface area contributed by atoms with Gasteiger partial charge in [0.05, 0.1) is 0 Å². The Balaban J connectivity index is 1.66. The maximum Gasteiger partial charge on any atom is 0.137 e. The summed E-state index contributed by atoms with van der Waals surface area (Å²) in [5.41, 5.74) is 0. The van der Waals surface area contributed by atoms with Crippen LogP contribution in [0.5, 0.6) is 0 Å². The van der Waals surface area contributed by atoms with Crippen LogP contribution in [0.1, 0.15) is 39.5 Å². The minimum absolute atomic E-state index is 0.569. The smallest absolute Gasteiger partial charge is 0.137 e. The molecule has 1 aliphatic carbocycles. The average molecular weight is 222 g/mol. The fourth-order valence-electron chi connectivity index (χ4n) is 2.52. The summed E-state index contributed by atoms with van der Waals surface area (Å²) in [4.78, 5) is 3.94. The van der Waals surface area contributed by atoms with Gasteiger partial charge in [-0.2, -0.15) is 5.10 Å². The zero-order valence-corrected chi connectivity index (χ0v) is 10.3. The molecule has 90 valence electrons. The zero-order valence-electron chi connectivity index (χ0n) is 10.3. The molecule has 1 aromatic heterocycles. The minimum atomic E-state index is 0.569. The van der Waals surface area contributed by atoms with Crippen LogP contribution < -0.4 is 5.32 Å². The lowest BCUT2D eigenvalue weighted by Crippen LogP contribution is -2.35. The van der Waals surface area contributed by atoms with E-state index in [0.29, 0.717) is 6.04 Å². The first-order valence-corrected chi connectivity index (χ1v) is 6.32. The molecule has 4 heteroatoms. The Morgan fingerprint density at radius 3 is 3.00 bits per heavy atom. The summed E-state index contributed by atoms with van der Waals surface area (Å²) in [5, 5.41) is 7.82. The van der Waals surface area contributed by atoms with Crippen LogP contribution in [-0.2, 0) is 6.54 Å². The number of nitrogens with one attached hydrogen (secondary N) is 1. The lowest BCUT2D eigenvalue weighted by atomic mass is 10.1. The van der Waals surface area contributed by atoms with E-state index >= 15 is 0 Å². The van der Waals surface area contributed by atoms with E-state index < -0.39 is 0 Å². The number of aryl methyl sites for hydroxylation is 1. The quantitative estimate of drug-likeness (QED) is 0.826. The Hall–Kier alpha value is -0.900. The highest BCUT2D eigenvalue weighted by molar-refractivity contribution is 4.80. The van der Waals surface area contributed by atoms with Gasteiger partial charge in [0.2, 0.25) is 0 Å². The lowest BCUT2D eigenvalue weighted by Gasteiger charge is -2.19. The van der Waals surface area contributed by atoms with Crippen molar-refractivity contribution in [2.45, 2.75) is 58.2 Å². The molecule has 0 aliphatic heterocycles. The van der Waals surface area contributed by atoms with Crippen LogP contribution in [0.2, 0.25) is 0 Å². The molecular weight excluding hydrogens is 200 g/mol. The van der Waals surface area contributed by atoms with Crippen molar-refractivity contribution in [3.8, 4) is 0 Å². The van der Waals surface area contributed by atoms with Gasteiger partial charge < -0.3 is 5.32 Å². The van der Waals surface area contributed by atoms with Gasteiger partial charge in [-0.05, 0) is 38.5 Å². The molecule has 1 fully saturated rings. The molecule has 0 bridgehead atoms. The van der Waals surface area contributed by atoms with Gasteiger partial charge in [0, 0.05) is 18.6 Å². The molecule has 1 heterocycles. The van der Waals surface area contributed by atoms with E-state index in [2.05, 4.69) is 29.2 Å². The fourth-order valence-corrected chi connectivity index (χ4v) is 2.52. The first-order valence-electron chi connectivity index (χ1n) is 6.32. The monoisotopic (exact) mass is 222 g/mol. The van der Waals surface area contributed by atoms with E-state index in [1.165, 1.54) is 19.3 Å². The van der Waals surface area contributed by atoms with Gasteiger partial charge in [-0.3, -0.25) is 4.68 Å². The highest BCUT2D eigenvalue weighted by Crippen LogP contribution is 2.25. The van der Waals surface area contributed by atoms with Crippen LogP contribution >= 0.6 is 0 Å². The molecular formula is C12H22N4. The lowest BCUT2D eigenvalue weighted by molar-refractivity contribution is 0.398. The topological polar surface area (TPSA) is 42.7 Å². The predicted octanol–water partition coefficient (Wildman–Crippen LogP) is 1.83. The normalized spacial score (nSPS) is 27.1. The SMILES string of the molecule is CC1CCC(NC(C)CCn2cncn2)C1. The molecule has 1 N–H and O–H groups in total. The maximum absolute atomic E-state index is 4.11. The summed E-state index contributed by atoms with van der Waals surface area (Å²) in [7, 11) is 0. The van der Waals surface area contributed by atoms with E-state index in [9.17, 15) is 0 Å². The number of aromatic nitrogens is 3. The van der Waals surface area contributed by atoms with E-state index in [0.717, 1.165) is 24.9 Å². The second-order valence-electron chi connectivity index (χ2n) is 5.13. The number of hydrogen-bond acceptors (Lipinski definition) is 3. The molecule has 0 amide bonds. The first-order chi connectivity index (χ1) is 7.74. The van der Waals surface area contributed by atoms with Crippen molar-refractivity contribution in [2.75, 3.05) is 0 Å². The van der Waals surface area contributed by atoms with Gasteiger partial charge in [0.1, 0.15) is 12.7 Å². The molecule has 4 nitrogen and oxygen atoms in total. The third-order valence-corrected chi connectivity index (χ3v) is 3.47. The van der Waals surface area contributed by atoms with Gasteiger partial charge in [-0.15, -0.1) is 0 Å². The Bertz CT molecular complexity index is 296. The molecule has 0 saturated heterocycles. The Labute approximate surface area is 97.5 Å². The molecule has 3 atom stereocenters. The van der Waals surface area contributed by atoms with Crippen LogP contribution in [0, 0.1) is 5.92 Å². The van der Waals surface area contributed by atoms with Crippen LogP contribution in [-0.4, -0.2) is 26.8 Å². The Morgan fingerprint density at radius 1 is 1.50 bits per heavy atom. The van der Waals surface area contributed by atoms with Crippen molar-refractivity contribution < 1.29 is 0 Å². The molecule has 1 saturated carbocycles. The van der Waals surface area contributed by atoms with Gasteiger partial charge in [-0.25, -0.2) is 4.98 Å². The summed E-state index contributed by atoms with van der Waals surface area (Å²) in [6.07, 6.45) is 8.56. The Kier molecular flexibility index (Phi) is 3.93. The third-order valence-electron chi connectivity index (χ3n) is 3.47. The summed E-state index contributed by atoms with van der Waals surface area (Å²) in [6, 6.07) is 1.31. The molecule has 0 radical (unpaired) electrons. The largest absolute Gasteiger partial charge is 0.311 e. The molecule has 0 aromatic carbocycles.